The molecule has 1 aromatic rings. The van der Waals surface area contributed by atoms with Crippen molar-refractivity contribution in [2.24, 2.45) is 29.4 Å². The van der Waals surface area contributed by atoms with Crippen molar-refractivity contribution < 1.29 is 24.0 Å². The van der Waals surface area contributed by atoms with E-state index in [-0.39, 0.29) is 12.1 Å². The zero-order valence-electron chi connectivity index (χ0n) is 24.3. The number of hydrogen-bond donors (Lipinski definition) is 1. The molecule has 6 aliphatic rings. The Morgan fingerprint density at radius 1 is 0.900 bits per heavy atom. The van der Waals surface area contributed by atoms with Crippen LogP contribution in [0.5, 0.6) is 5.75 Å². The van der Waals surface area contributed by atoms with Crippen molar-refractivity contribution in [2.75, 3.05) is 46.4 Å². The maximum Gasteiger partial charge on any atom is 0.314 e. The van der Waals surface area contributed by atoms with Crippen LogP contribution < -0.4 is 10.5 Å². The second kappa shape index (κ2) is 12.6. The van der Waals surface area contributed by atoms with Gasteiger partial charge in [0.2, 0.25) is 5.79 Å². The van der Waals surface area contributed by atoms with Gasteiger partial charge < -0.3 is 20.1 Å². The normalized spacial score (nSPS) is 35.7. The van der Waals surface area contributed by atoms with Crippen LogP contribution in [-0.2, 0) is 14.5 Å². The van der Waals surface area contributed by atoms with Crippen LogP contribution in [0.1, 0.15) is 82.1 Å². The molecule has 1 saturated heterocycles. The molecule has 222 valence electrons. The summed E-state index contributed by atoms with van der Waals surface area (Å²) in [4.78, 5) is 27.8. The number of methoxy groups -OCH3 is 1. The Morgan fingerprint density at radius 3 is 2.15 bits per heavy atom. The summed E-state index contributed by atoms with van der Waals surface area (Å²) >= 11 is 0. The highest BCUT2D eigenvalue weighted by Crippen LogP contribution is 2.60. The van der Waals surface area contributed by atoms with Crippen LogP contribution in [-0.4, -0.2) is 74.2 Å². The Bertz CT molecular complexity index is 943. The first-order valence-corrected chi connectivity index (χ1v) is 15.9. The lowest BCUT2D eigenvalue weighted by molar-refractivity contribution is -0.485. The van der Waals surface area contributed by atoms with Gasteiger partial charge in [0.15, 0.2) is 0 Å². The molecule has 0 spiro atoms. The lowest BCUT2D eigenvalue weighted by Gasteiger charge is -2.58. The minimum Gasteiger partial charge on any atom is -0.494 e. The highest BCUT2D eigenvalue weighted by molar-refractivity contribution is 5.72. The zero-order valence-corrected chi connectivity index (χ0v) is 24.3. The predicted octanol–water partition coefficient (Wildman–Crippen LogP) is 5.32. The van der Waals surface area contributed by atoms with Crippen LogP contribution >= 0.6 is 0 Å². The molecule has 0 aromatic heterocycles. The molecule has 4 bridgehead atoms. The summed E-state index contributed by atoms with van der Waals surface area (Å²) in [5.41, 5.74) is 6.76. The minimum absolute atomic E-state index is 0.162. The molecule has 8 heteroatoms. The fourth-order valence-electron chi connectivity index (χ4n) is 8.64. The number of ether oxygens (including phenoxy) is 2. The van der Waals surface area contributed by atoms with Gasteiger partial charge in [0.1, 0.15) is 5.75 Å². The first-order chi connectivity index (χ1) is 19.5. The molecule has 2 N–H and O–H groups in total. The van der Waals surface area contributed by atoms with Gasteiger partial charge in [-0.15, -0.1) is 0 Å². The standard InChI is InChI=1S/C32H49N3O5/c1-37-32(27-19-23-18-24(21-27)22-28(32)20-23)40-39-30-10-6-26(7-11-30)25-4-8-29(9-5-25)38-17-3-2-12-34-13-15-35(16-14-34)31(33)36/h4-5,8-9,23-24,26-28,30H,2-3,6-7,10-22H2,1H3,(H2,33,36)/t23?,24?,26-,27?,28?,30+,32?. The van der Waals surface area contributed by atoms with Crippen LogP contribution in [0.2, 0.25) is 0 Å². The maximum absolute atomic E-state index is 11.2. The van der Waals surface area contributed by atoms with Gasteiger partial charge >= 0.3 is 6.03 Å². The lowest BCUT2D eigenvalue weighted by atomic mass is 9.53. The molecule has 40 heavy (non-hydrogen) atoms. The number of carbonyl (C=O) groups excluding carboxylic acids is 1. The van der Waals surface area contributed by atoms with Crippen molar-refractivity contribution in [2.45, 2.75) is 88.4 Å². The van der Waals surface area contributed by atoms with E-state index >= 15 is 0 Å². The topological polar surface area (TPSA) is 86.5 Å². The van der Waals surface area contributed by atoms with Crippen LogP contribution in [0.4, 0.5) is 4.79 Å². The van der Waals surface area contributed by atoms with Crippen LogP contribution in [0.25, 0.3) is 0 Å². The molecule has 8 nitrogen and oxygen atoms in total. The van der Waals surface area contributed by atoms with E-state index in [9.17, 15) is 4.79 Å². The van der Waals surface area contributed by atoms with Crippen molar-refractivity contribution in [1.82, 2.24) is 9.80 Å². The van der Waals surface area contributed by atoms with Crippen LogP contribution in [0.15, 0.2) is 24.3 Å². The number of carbonyl (C=O) groups is 1. The van der Waals surface area contributed by atoms with E-state index in [0.717, 1.165) is 95.4 Å². The third kappa shape index (κ3) is 6.15. The van der Waals surface area contributed by atoms with Gasteiger partial charge in [0.25, 0.3) is 0 Å². The van der Waals surface area contributed by atoms with E-state index in [1.165, 1.54) is 37.7 Å². The van der Waals surface area contributed by atoms with Crippen molar-refractivity contribution in [3.8, 4) is 5.75 Å². The third-order valence-corrected chi connectivity index (χ3v) is 10.8. The molecule has 0 radical (unpaired) electrons. The molecular weight excluding hydrogens is 506 g/mol. The monoisotopic (exact) mass is 555 g/mol. The van der Waals surface area contributed by atoms with Gasteiger partial charge in [0, 0.05) is 45.1 Å². The largest absolute Gasteiger partial charge is 0.494 e. The number of benzene rings is 1. The van der Waals surface area contributed by atoms with Crippen LogP contribution in [0, 0.1) is 23.7 Å². The number of piperazine rings is 1. The molecule has 1 aromatic carbocycles. The summed E-state index contributed by atoms with van der Waals surface area (Å²) in [5, 5.41) is 0. The first-order valence-electron chi connectivity index (χ1n) is 15.9. The van der Waals surface area contributed by atoms with Crippen molar-refractivity contribution in [1.29, 1.82) is 0 Å². The van der Waals surface area contributed by atoms with Crippen molar-refractivity contribution in [3.63, 3.8) is 0 Å². The summed E-state index contributed by atoms with van der Waals surface area (Å²) in [6.07, 6.45) is 13.0. The Hall–Kier alpha value is -1.87. The van der Waals surface area contributed by atoms with E-state index in [0.29, 0.717) is 17.8 Å². The number of nitrogens with zero attached hydrogens (tertiary/aromatic N) is 2. The Kier molecular flexibility index (Phi) is 8.87. The fraction of sp³-hybridized carbons (Fsp3) is 0.781. The molecule has 5 aliphatic carbocycles. The first kappa shape index (κ1) is 28.3. The van der Waals surface area contributed by atoms with E-state index in [4.69, 9.17) is 25.0 Å². The number of rotatable bonds is 11. The smallest absolute Gasteiger partial charge is 0.314 e. The van der Waals surface area contributed by atoms with Gasteiger partial charge in [-0.1, -0.05) is 12.1 Å². The molecule has 1 heterocycles. The minimum atomic E-state index is -0.512. The summed E-state index contributed by atoms with van der Waals surface area (Å²) in [6, 6.07) is 8.42. The summed E-state index contributed by atoms with van der Waals surface area (Å²) in [6.45, 7) is 5.05. The number of unbranched alkanes of at least 4 members (excludes halogenated alkanes) is 1. The summed E-state index contributed by atoms with van der Waals surface area (Å²) < 4.78 is 12.1. The summed E-state index contributed by atoms with van der Waals surface area (Å²) in [5.74, 6) is 3.76. The highest BCUT2D eigenvalue weighted by Gasteiger charge is 2.60. The number of urea groups is 1. The molecule has 2 amide bonds. The fourth-order valence-corrected chi connectivity index (χ4v) is 8.64. The average molecular weight is 556 g/mol. The van der Waals surface area contributed by atoms with Gasteiger partial charge in [-0.05, 0) is 113 Å². The van der Waals surface area contributed by atoms with Gasteiger partial charge in [-0.3, -0.25) is 4.90 Å². The van der Waals surface area contributed by atoms with E-state index in [1.54, 1.807) is 4.90 Å². The Balaban J connectivity index is 0.878. The third-order valence-electron chi connectivity index (χ3n) is 10.8. The predicted molar refractivity (Wildman–Crippen MR) is 153 cm³/mol. The molecule has 6 fully saturated rings. The van der Waals surface area contributed by atoms with E-state index < -0.39 is 5.79 Å². The quantitative estimate of drug-likeness (QED) is 0.172. The van der Waals surface area contributed by atoms with Crippen molar-refractivity contribution in [3.05, 3.63) is 29.8 Å². The molecular formula is C32H49N3O5. The molecule has 5 saturated carbocycles. The van der Waals surface area contributed by atoms with E-state index in [1.807, 2.05) is 7.11 Å². The Labute approximate surface area is 239 Å². The summed E-state index contributed by atoms with van der Waals surface area (Å²) in [7, 11) is 1.83. The highest BCUT2D eigenvalue weighted by atomic mass is 17.2. The van der Waals surface area contributed by atoms with E-state index in [2.05, 4.69) is 29.2 Å². The van der Waals surface area contributed by atoms with Gasteiger partial charge in [-0.25, -0.2) is 14.6 Å². The lowest BCUT2D eigenvalue weighted by Crippen LogP contribution is -2.60. The molecule has 0 unspecified atom stereocenters. The zero-order chi connectivity index (χ0) is 27.5. The number of amides is 2. The number of nitrogens with two attached hydrogens (primary N) is 1. The Morgan fingerprint density at radius 2 is 1.55 bits per heavy atom. The van der Waals surface area contributed by atoms with Crippen LogP contribution in [0.3, 0.4) is 0 Å². The average Bonchev–Trinajstić information content (AvgIpc) is 2.98. The van der Waals surface area contributed by atoms with Crippen molar-refractivity contribution >= 4 is 6.03 Å². The number of primary amides is 1. The molecule has 1 aliphatic heterocycles. The second-order valence-corrected chi connectivity index (χ2v) is 13.2. The number of hydrogen-bond acceptors (Lipinski definition) is 6. The second-order valence-electron chi connectivity index (χ2n) is 13.2. The van der Waals surface area contributed by atoms with Gasteiger partial charge in [-0.2, -0.15) is 0 Å². The maximum atomic E-state index is 11.2. The molecule has 0 atom stereocenters. The van der Waals surface area contributed by atoms with Gasteiger partial charge in [0.05, 0.1) is 12.7 Å². The molecule has 7 rings (SSSR count). The SMILES string of the molecule is COC1(OO[C@H]2CC[C@@H](c3ccc(OCCCCN4CCN(C(N)=O)CC4)cc3)CC2)C2CC3CC(C2)CC1C3.